The molecule has 1 aromatic carbocycles. The lowest BCUT2D eigenvalue weighted by Gasteiger charge is -2.41. The van der Waals surface area contributed by atoms with Crippen molar-refractivity contribution in [3.05, 3.63) is 35.5 Å². The summed E-state index contributed by atoms with van der Waals surface area (Å²) in [7, 11) is 1.59. The number of pyridine rings is 1. The normalized spacial score (nSPS) is 18.2. The minimum atomic E-state index is -0.884. The Kier molecular flexibility index (Phi) is 4.05. The highest BCUT2D eigenvalue weighted by atomic mass is 16.5. The zero-order chi connectivity index (χ0) is 18.3. The molecule has 4 rings (SSSR count). The predicted molar refractivity (Wildman–Crippen MR) is 96.6 cm³/mol. The van der Waals surface area contributed by atoms with Gasteiger partial charge < -0.3 is 15.2 Å². The highest BCUT2D eigenvalue weighted by molar-refractivity contribution is 6.07. The molecule has 0 radical (unpaired) electrons. The molecule has 1 amide bonds. The number of carbonyl (C=O) groups is 2. The summed E-state index contributed by atoms with van der Waals surface area (Å²) >= 11 is 0. The maximum atomic E-state index is 13.1. The van der Waals surface area contributed by atoms with E-state index in [2.05, 4.69) is 5.32 Å². The molecule has 6 nitrogen and oxygen atoms in total. The third-order valence-corrected chi connectivity index (χ3v) is 5.45. The summed E-state index contributed by atoms with van der Waals surface area (Å²) in [6.07, 6.45) is 4.49. The van der Waals surface area contributed by atoms with Gasteiger partial charge in [-0.25, -0.2) is 0 Å². The lowest BCUT2D eigenvalue weighted by molar-refractivity contribution is -0.139. The minimum absolute atomic E-state index is 0.0411. The number of fused-ring (bicyclic) bond motifs is 1. The van der Waals surface area contributed by atoms with Gasteiger partial charge in [-0.3, -0.25) is 14.6 Å². The molecule has 1 aromatic heterocycles. The summed E-state index contributed by atoms with van der Waals surface area (Å²) in [5, 5.41) is 12.9. The number of hydrogen-bond donors (Lipinski definition) is 2. The Hall–Kier alpha value is -2.63. The van der Waals surface area contributed by atoms with Crippen molar-refractivity contribution in [2.24, 2.45) is 0 Å². The lowest BCUT2D eigenvalue weighted by Crippen LogP contribution is -2.54. The summed E-state index contributed by atoms with van der Waals surface area (Å²) in [5.41, 5.74) is 1.62. The molecular formula is C20H22N2O4. The van der Waals surface area contributed by atoms with Crippen LogP contribution >= 0.6 is 0 Å². The molecule has 6 heteroatoms. The van der Waals surface area contributed by atoms with Crippen molar-refractivity contribution < 1.29 is 19.4 Å². The molecule has 2 aromatic rings. The first-order valence-corrected chi connectivity index (χ1v) is 9.03. The molecule has 2 saturated carbocycles. The molecule has 26 heavy (non-hydrogen) atoms. The van der Waals surface area contributed by atoms with Crippen LogP contribution in [0.4, 0.5) is 0 Å². The van der Waals surface area contributed by atoms with E-state index in [1.807, 2.05) is 24.3 Å². The van der Waals surface area contributed by atoms with Crippen LogP contribution in [0, 0.1) is 0 Å². The van der Waals surface area contributed by atoms with Crippen LogP contribution < -0.4 is 10.1 Å². The fourth-order valence-corrected chi connectivity index (χ4v) is 3.68. The number of nitrogens with zero attached hydrogens (tertiary/aromatic N) is 1. The number of benzene rings is 1. The molecule has 2 aliphatic rings. The van der Waals surface area contributed by atoms with Gasteiger partial charge in [-0.2, -0.15) is 0 Å². The quantitative estimate of drug-likeness (QED) is 0.831. The second kappa shape index (κ2) is 6.27. The maximum absolute atomic E-state index is 13.1. The molecule has 1 heterocycles. The van der Waals surface area contributed by atoms with E-state index in [-0.39, 0.29) is 12.3 Å². The molecule has 2 N–H and O–H groups in total. The van der Waals surface area contributed by atoms with Crippen LogP contribution in [0.25, 0.3) is 10.9 Å². The average molecular weight is 354 g/mol. The van der Waals surface area contributed by atoms with Gasteiger partial charge in [0.15, 0.2) is 0 Å². The van der Waals surface area contributed by atoms with Crippen LogP contribution in [-0.2, 0) is 4.79 Å². The predicted octanol–water partition coefficient (Wildman–Crippen LogP) is 3.25. The van der Waals surface area contributed by atoms with E-state index in [1.165, 1.54) is 0 Å². The monoisotopic (exact) mass is 354 g/mol. The molecule has 0 saturated heterocycles. The van der Waals surface area contributed by atoms with Crippen LogP contribution in [0.2, 0.25) is 0 Å². The third-order valence-electron chi connectivity index (χ3n) is 5.45. The number of carboxylic acids is 1. The topological polar surface area (TPSA) is 88.5 Å². The van der Waals surface area contributed by atoms with Crippen LogP contribution in [0.1, 0.15) is 60.5 Å². The molecule has 2 fully saturated rings. The van der Waals surface area contributed by atoms with Crippen LogP contribution in [0.3, 0.4) is 0 Å². The molecule has 0 aliphatic heterocycles. The van der Waals surface area contributed by atoms with Crippen molar-refractivity contribution in [3.63, 3.8) is 0 Å². The first kappa shape index (κ1) is 16.8. The summed E-state index contributed by atoms with van der Waals surface area (Å²) < 4.78 is 5.30. The highest BCUT2D eigenvalue weighted by Crippen LogP contribution is 2.41. The number of ether oxygens (including phenoxy) is 1. The second-order valence-corrected chi connectivity index (χ2v) is 7.41. The summed E-state index contributed by atoms with van der Waals surface area (Å²) in [5.74, 6) is -0.0282. The summed E-state index contributed by atoms with van der Waals surface area (Å²) in [6, 6.07) is 7.39. The van der Waals surface area contributed by atoms with Gasteiger partial charge >= 0.3 is 5.97 Å². The van der Waals surface area contributed by atoms with Crippen LogP contribution in [0.5, 0.6) is 5.75 Å². The van der Waals surface area contributed by atoms with Gasteiger partial charge in [-0.1, -0.05) is 0 Å². The molecule has 0 atom stereocenters. The first-order chi connectivity index (χ1) is 12.5. The van der Waals surface area contributed by atoms with E-state index in [9.17, 15) is 14.7 Å². The fourth-order valence-electron chi connectivity index (χ4n) is 3.68. The standard InChI is InChI=1S/C20H22N2O4/c1-26-13-5-6-16-14(9-13)15(10-17(21-16)12-3-4-12)19(25)22-20(7-2-8-20)11-18(23)24/h5-6,9-10,12H,2-4,7-8,11H2,1H3,(H,22,25)(H,23,24). The average Bonchev–Trinajstić information content (AvgIpc) is 3.42. The van der Waals surface area contributed by atoms with Gasteiger partial charge in [0.2, 0.25) is 0 Å². The van der Waals surface area contributed by atoms with Crippen LogP contribution in [0.15, 0.2) is 24.3 Å². The Balaban J connectivity index is 1.73. The number of aromatic nitrogens is 1. The third kappa shape index (κ3) is 3.11. The zero-order valence-electron chi connectivity index (χ0n) is 14.7. The Morgan fingerprint density at radius 2 is 2.08 bits per heavy atom. The summed E-state index contributed by atoms with van der Waals surface area (Å²) in [4.78, 5) is 29.0. The zero-order valence-corrected chi connectivity index (χ0v) is 14.7. The van der Waals surface area contributed by atoms with Gasteiger partial charge in [0.05, 0.1) is 30.1 Å². The number of rotatable bonds is 6. The first-order valence-electron chi connectivity index (χ1n) is 9.03. The SMILES string of the molecule is COc1ccc2nc(C3CC3)cc(C(=O)NC3(CC(=O)O)CCC3)c2c1. The number of aliphatic carboxylic acids is 1. The summed E-state index contributed by atoms with van der Waals surface area (Å²) in [6.45, 7) is 0. The van der Waals surface area contributed by atoms with Crippen molar-refractivity contribution in [1.29, 1.82) is 0 Å². The van der Waals surface area contributed by atoms with Crippen LogP contribution in [-0.4, -0.2) is 34.6 Å². The largest absolute Gasteiger partial charge is 0.497 e. The van der Waals surface area contributed by atoms with E-state index in [1.54, 1.807) is 7.11 Å². The van der Waals surface area contributed by atoms with Gasteiger partial charge in [0.25, 0.3) is 5.91 Å². The highest BCUT2D eigenvalue weighted by Gasteiger charge is 2.41. The maximum Gasteiger partial charge on any atom is 0.305 e. The van der Waals surface area contributed by atoms with Crippen molar-refractivity contribution >= 4 is 22.8 Å². The van der Waals surface area contributed by atoms with Crippen molar-refractivity contribution in [2.45, 2.75) is 50.0 Å². The van der Waals surface area contributed by atoms with Crippen molar-refractivity contribution in [2.75, 3.05) is 7.11 Å². The van der Waals surface area contributed by atoms with Gasteiger partial charge in [0.1, 0.15) is 5.75 Å². The molecule has 136 valence electrons. The molecular weight excluding hydrogens is 332 g/mol. The molecule has 0 bridgehead atoms. The Morgan fingerprint density at radius 3 is 2.65 bits per heavy atom. The number of methoxy groups -OCH3 is 1. The fraction of sp³-hybridized carbons (Fsp3) is 0.450. The van der Waals surface area contributed by atoms with E-state index >= 15 is 0 Å². The second-order valence-electron chi connectivity index (χ2n) is 7.41. The molecule has 0 unspecified atom stereocenters. The Bertz CT molecular complexity index is 885. The van der Waals surface area contributed by atoms with E-state index < -0.39 is 11.5 Å². The van der Waals surface area contributed by atoms with Gasteiger partial charge in [0, 0.05) is 17.0 Å². The Morgan fingerprint density at radius 1 is 1.31 bits per heavy atom. The van der Waals surface area contributed by atoms with Crippen molar-refractivity contribution in [3.8, 4) is 5.75 Å². The van der Waals surface area contributed by atoms with E-state index in [0.29, 0.717) is 30.1 Å². The molecule has 2 aliphatic carbocycles. The van der Waals surface area contributed by atoms with E-state index in [0.717, 1.165) is 35.9 Å². The number of carbonyl (C=O) groups excluding carboxylic acids is 1. The van der Waals surface area contributed by atoms with Gasteiger partial charge in [-0.15, -0.1) is 0 Å². The number of amides is 1. The number of nitrogens with one attached hydrogen (secondary N) is 1. The van der Waals surface area contributed by atoms with Crippen molar-refractivity contribution in [1.82, 2.24) is 10.3 Å². The lowest BCUT2D eigenvalue weighted by atomic mass is 9.74. The molecule has 0 spiro atoms. The smallest absolute Gasteiger partial charge is 0.305 e. The minimum Gasteiger partial charge on any atom is -0.497 e. The van der Waals surface area contributed by atoms with Gasteiger partial charge in [-0.05, 0) is 56.4 Å². The number of hydrogen-bond acceptors (Lipinski definition) is 4. The van der Waals surface area contributed by atoms with E-state index in [4.69, 9.17) is 9.72 Å². The number of carboxylic acid groups (broad SMARTS) is 1. The Labute approximate surface area is 151 Å².